The maximum absolute atomic E-state index is 13.1. The lowest BCUT2D eigenvalue weighted by atomic mass is 10.1. The molecular weight excluding hydrogens is 418 g/mol. The van der Waals surface area contributed by atoms with Crippen LogP contribution < -0.4 is 4.72 Å². The third-order valence-electron chi connectivity index (χ3n) is 3.14. The summed E-state index contributed by atoms with van der Waals surface area (Å²) in [5.74, 6) is -0.548. The predicted octanol–water partition coefficient (Wildman–Crippen LogP) is 4.12. The summed E-state index contributed by atoms with van der Waals surface area (Å²) in [6.45, 7) is 0. The molecule has 0 radical (unpaired) electrons. The zero-order valence-corrected chi connectivity index (χ0v) is 15.3. The Morgan fingerprint density at radius 3 is 2.24 bits per heavy atom. The number of hydrogen-bond donors (Lipinski definition) is 1. The number of sulfonamides is 1. The van der Waals surface area contributed by atoms with E-state index < -0.39 is 36.3 Å². The molecular formula is C14H10Cl3FN2O4S. The smallest absolute Gasteiger partial charge is 0.258 e. The zero-order valence-electron chi connectivity index (χ0n) is 12.2. The highest BCUT2D eigenvalue weighted by Gasteiger charge is 2.37. The van der Waals surface area contributed by atoms with Crippen LogP contribution in [0.15, 0.2) is 53.4 Å². The maximum atomic E-state index is 13.1. The summed E-state index contributed by atoms with van der Waals surface area (Å²) in [4.78, 5) is 9.70. The van der Waals surface area contributed by atoms with E-state index in [1.165, 1.54) is 18.2 Å². The van der Waals surface area contributed by atoms with Crippen LogP contribution in [0.25, 0.3) is 0 Å². The van der Waals surface area contributed by atoms with Crippen LogP contribution in [-0.4, -0.2) is 17.1 Å². The first-order valence-corrected chi connectivity index (χ1v) is 9.21. The molecule has 0 amide bonds. The van der Waals surface area contributed by atoms with Crippen LogP contribution in [0.3, 0.4) is 0 Å². The lowest BCUT2D eigenvalue weighted by Gasteiger charge is -2.25. The highest BCUT2D eigenvalue weighted by atomic mass is 35.6. The molecule has 1 unspecified atom stereocenters. The number of halogens is 4. The molecule has 0 heterocycles. The monoisotopic (exact) mass is 426 g/mol. The number of hydrogen-bond acceptors (Lipinski definition) is 4. The van der Waals surface area contributed by atoms with Gasteiger partial charge in [0.05, 0.1) is 15.9 Å². The van der Waals surface area contributed by atoms with Gasteiger partial charge in [-0.25, -0.2) is 12.8 Å². The molecule has 0 aliphatic heterocycles. The fourth-order valence-electron chi connectivity index (χ4n) is 1.97. The number of benzene rings is 2. The van der Waals surface area contributed by atoms with Crippen LogP contribution in [-0.2, 0) is 10.0 Å². The highest BCUT2D eigenvalue weighted by molar-refractivity contribution is 7.89. The van der Waals surface area contributed by atoms with Crippen molar-refractivity contribution in [2.45, 2.75) is 14.7 Å². The molecule has 6 nitrogen and oxygen atoms in total. The minimum Gasteiger partial charge on any atom is -0.258 e. The predicted molar refractivity (Wildman–Crippen MR) is 92.8 cm³/mol. The van der Waals surface area contributed by atoms with Crippen molar-refractivity contribution in [3.05, 3.63) is 70.0 Å². The van der Waals surface area contributed by atoms with Gasteiger partial charge in [0, 0.05) is 12.1 Å². The topological polar surface area (TPSA) is 89.3 Å². The first-order valence-electron chi connectivity index (χ1n) is 6.60. The van der Waals surface area contributed by atoms with Gasteiger partial charge in [-0.05, 0) is 23.8 Å². The molecule has 1 atom stereocenters. The molecule has 0 spiro atoms. The van der Waals surface area contributed by atoms with E-state index in [1.54, 1.807) is 0 Å². The van der Waals surface area contributed by atoms with Gasteiger partial charge < -0.3 is 0 Å². The van der Waals surface area contributed by atoms with E-state index in [-0.39, 0.29) is 10.5 Å². The van der Waals surface area contributed by atoms with E-state index in [4.69, 9.17) is 34.8 Å². The molecule has 25 heavy (non-hydrogen) atoms. The van der Waals surface area contributed by atoms with E-state index in [0.717, 1.165) is 30.3 Å². The molecule has 11 heteroatoms. The van der Waals surface area contributed by atoms with E-state index >= 15 is 0 Å². The summed E-state index contributed by atoms with van der Waals surface area (Å²) in [7, 11) is -4.26. The summed E-state index contributed by atoms with van der Waals surface area (Å²) in [6.07, 6.45) is 0. The molecule has 2 rings (SSSR count). The minimum atomic E-state index is -4.26. The van der Waals surface area contributed by atoms with E-state index in [2.05, 4.69) is 4.72 Å². The van der Waals surface area contributed by atoms with Crippen molar-refractivity contribution in [1.29, 1.82) is 0 Å². The Hall–Kier alpha value is -1.45. The van der Waals surface area contributed by atoms with Crippen LogP contribution in [0.4, 0.5) is 10.1 Å². The molecule has 0 bridgehead atoms. The van der Waals surface area contributed by atoms with Crippen molar-refractivity contribution in [1.82, 2.24) is 4.72 Å². The van der Waals surface area contributed by atoms with Gasteiger partial charge in [0.15, 0.2) is 0 Å². The van der Waals surface area contributed by atoms with Gasteiger partial charge in [-0.15, -0.1) is 0 Å². The first-order chi connectivity index (χ1) is 11.5. The van der Waals surface area contributed by atoms with E-state index in [1.807, 2.05) is 0 Å². The first kappa shape index (κ1) is 19.9. The van der Waals surface area contributed by atoms with Crippen LogP contribution in [0.1, 0.15) is 11.6 Å². The van der Waals surface area contributed by atoms with Crippen LogP contribution in [0, 0.1) is 15.9 Å². The number of nitrogens with one attached hydrogen (secondary N) is 1. The lowest BCUT2D eigenvalue weighted by Crippen LogP contribution is -2.36. The quantitative estimate of drug-likeness (QED) is 0.441. The highest BCUT2D eigenvalue weighted by Crippen LogP contribution is 2.40. The largest absolute Gasteiger partial charge is 0.270 e. The molecule has 0 aromatic heterocycles. The Bertz CT molecular complexity index is 886. The molecule has 0 saturated carbocycles. The summed E-state index contributed by atoms with van der Waals surface area (Å²) in [5, 5.41) is 10.8. The fourth-order valence-corrected chi connectivity index (χ4v) is 4.00. The number of nitrogens with zero attached hydrogens (tertiary/aromatic N) is 1. The Kier molecular flexibility index (Phi) is 5.90. The van der Waals surface area contributed by atoms with Crippen molar-refractivity contribution in [3.8, 4) is 0 Å². The van der Waals surface area contributed by atoms with Crippen LogP contribution in [0.5, 0.6) is 0 Å². The summed E-state index contributed by atoms with van der Waals surface area (Å²) >= 11 is 17.6. The maximum Gasteiger partial charge on any atom is 0.270 e. The average molecular weight is 428 g/mol. The molecule has 2 aromatic rings. The van der Waals surface area contributed by atoms with Gasteiger partial charge in [0.2, 0.25) is 13.8 Å². The molecule has 1 N–H and O–H groups in total. The SMILES string of the molecule is O=[N+]([O-])c1cccc(S(=O)(=O)NC(c2ccc(F)cc2)C(Cl)(Cl)Cl)c1. The normalized spacial score (nSPS) is 13.4. The number of alkyl halides is 3. The third kappa shape index (κ3) is 5.02. The Balaban J connectivity index is 2.42. The van der Waals surface area contributed by atoms with Gasteiger partial charge in [-0.1, -0.05) is 53.0 Å². The Morgan fingerprint density at radius 1 is 1.12 bits per heavy atom. The minimum absolute atomic E-state index is 0.204. The average Bonchev–Trinajstić information content (AvgIpc) is 2.53. The Labute approximate surface area is 157 Å². The van der Waals surface area contributed by atoms with E-state index in [9.17, 15) is 22.9 Å². The number of rotatable bonds is 5. The van der Waals surface area contributed by atoms with Crippen LogP contribution >= 0.6 is 34.8 Å². The molecule has 0 saturated heterocycles. The standard InChI is InChI=1S/C14H10Cl3FN2O4S/c15-14(16,17)13(9-4-6-10(18)7-5-9)19-25(23,24)12-3-1-2-11(8-12)20(21)22/h1-8,13,19H. The number of nitro groups is 1. The summed E-state index contributed by atoms with van der Waals surface area (Å²) in [6, 6.07) is 7.75. The third-order valence-corrected chi connectivity index (χ3v) is 5.22. The van der Waals surface area contributed by atoms with Gasteiger partial charge in [-0.3, -0.25) is 10.1 Å². The van der Waals surface area contributed by atoms with E-state index in [0.29, 0.717) is 0 Å². The molecule has 134 valence electrons. The van der Waals surface area contributed by atoms with Crippen molar-refractivity contribution < 1.29 is 17.7 Å². The second kappa shape index (κ2) is 7.43. The van der Waals surface area contributed by atoms with Gasteiger partial charge in [-0.2, -0.15) is 4.72 Å². The van der Waals surface area contributed by atoms with Crippen molar-refractivity contribution >= 4 is 50.5 Å². The molecule has 0 aliphatic rings. The second-order valence-corrected chi connectivity index (χ2v) is 8.98. The molecule has 2 aromatic carbocycles. The Morgan fingerprint density at radius 2 is 1.72 bits per heavy atom. The molecule has 0 aliphatic carbocycles. The van der Waals surface area contributed by atoms with Gasteiger partial charge >= 0.3 is 0 Å². The number of non-ortho nitro benzene ring substituents is 1. The van der Waals surface area contributed by atoms with Crippen molar-refractivity contribution in [3.63, 3.8) is 0 Å². The van der Waals surface area contributed by atoms with Crippen molar-refractivity contribution in [2.75, 3.05) is 0 Å². The summed E-state index contributed by atoms with van der Waals surface area (Å²) in [5.41, 5.74) is -0.203. The second-order valence-electron chi connectivity index (χ2n) is 4.90. The lowest BCUT2D eigenvalue weighted by molar-refractivity contribution is -0.385. The number of nitro benzene ring substituents is 1. The van der Waals surface area contributed by atoms with Crippen molar-refractivity contribution in [2.24, 2.45) is 0 Å². The molecule has 0 fully saturated rings. The zero-order chi connectivity index (χ0) is 18.8. The fraction of sp³-hybridized carbons (Fsp3) is 0.143. The van der Waals surface area contributed by atoms with Gasteiger partial charge in [0.25, 0.3) is 5.69 Å². The van der Waals surface area contributed by atoms with Crippen LogP contribution in [0.2, 0.25) is 0 Å². The summed E-state index contributed by atoms with van der Waals surface area (Å²) < 4.78 is 38.2. The van der Waals surface area contributed by atoms with Gasteiger partial charge in [0.1, 0.15) is 5.82 Å².